The van der Waals surface area contributed by atoms with Crippen LogP contribution in [0.25, 0.3) is 10.8 Å². The van der Waals surface area contributed by atoms with Gasteiger partial charge in [-0.15, -0.1) is 0 Å². The van der Waals surface area contributed by atoms with Crippen molar-refractivity contribution in [1.29, 1.82) is 0 Å². The lowest BCUT2D eigenvalue weighted by atomic mass is 10.1. The molecule has 27 heavy (non-hydrogen) atoms. The number of nitrogens with one attached hydrogen (secondary N) is 1. The maximum absolute atomic E-state index is 13.6. The van der Waals surface area contributed by atoms with Crippen LogP contribution in [0.3, 0.4) is 0 Å². The monoisotopic (exact) mass is 384 g/mol. The molecule has 0 radical (unpaired) electrons. The average Bonchev–Trinajstić information content (AvgIpc) is 2.67. The molecule has 0 aliphatic rings. The largest absolute Gasteiger partial charge is 0.465 e. The topological polar surface area (TPSA) is 90.7 Å². The first-order valence-electron chi connectivity index (χ1n) is 8.54. The van der Waals surface area contributed by atoms with Gasteiger partial charge in [0.15, 0.2) is 0 Å². The molecule has 0 aliphatic heterocycles. The predicted octanol–water partition coefficient (Wildman–Crippen LogP) is 4.31. The third kappa shape index (κ3) is 4.07. The van der Waals surface area contributed by atoms with Gasteiger partial charge in [0.25, 0.3) is 0 Å². The van der Waals surface area contributed by atoms with E-state index in [2.05, 4.69) is 5.32 Å². The molecule has 1 atom stereocenters. The summed E-state index contributed by atoms with van der Waals surface area (Å²) in [5.74, 6) is -0.254. The average molecular weight is 384 g/mol. The van der Waals surface area contributed by atoms with E-state index in [-0.39, 0.29) is 11.7 Å². The van der Waals surface area contributed by atoms with Crippen molar-refractivity contribution < 1.29 is 18.4 Å². The van der Waals surface area contributed by atoms with E-state index < -0.39 is 13.6 Å². The van der Waals surface area contributed by atoms with Crippen LogP contribution in [-0.4, -0.2) is 13.0 Å². The minimum Gasteiger partial charge on any atom is -0.412 e. The summed E-state index contributed by atoms with van der Waals surface area (Å²) in [7, 11) is -2.16. The summed E-state index contributed by atoms with van der Waals surface area (Å²) in [6, 6.07) is 17.5. The number of fused-ring (bicyclic) bond motifs is 1. The highest BCUT2D eigenvalue weighted by molar-refractivity contribution is 7.63. The zero-order valence-corrected chi connectivity index (χ0v) is 16.0. The van der Waals surface area contributed by atoms with Gasteiger partial charge in [-0.2, -0.15) is 0 Å². The van der Waals surface area contributed by atoms with E-state index in [0.717, 1.165) is 16.5 Å². The fraction of sp³-hybridized carbons (Fsp3) is 0.150. The van der Waals surface area contributed by atoms with Crippen molar-refractivity contribution in [2.45, 2.75) is 13.3 Å². The van der Waals surface area contributed by atoms with E-state index in [0.29, 0.717) is 11.4 Å². The lowest BCUT2D eigenvalue weighted by Crippen LogP contribution is -2.16. The molecule has 6 nitrogen and oxygen atoms in total. The molecule has 0 amide bonds. The van der Waals surface area contributed by atoms with Crippen LogP contribution in [0.1, 0.15) is 13.3 Å². The Morgan fingerprint density at radius 3 is 2.59 bits per heavy atom. The molecular weight excluding hydrogens is 363 g/mol. The lowest BCUT2D eigenvalue weighted by Gasteiger charge is -2.20. The molecule has 7 heteroatoms. The second-order valence-electron chi connectivity index (χ2n) is 5.94. The summed E-state index contributed by atoms with van der Waals surface area (Å²) in [4.78, 5) is 11.9. The Balaban J connectivity index is 2.11. The van der Waals surface area contributed by atoms with Crippen molar-refractivity contribution in [2.24, 2.45) is 0 Å². The molecular formula is C20H21N2O4P. The summed E-state index contributed by atoms with van der Waals surface area (Å²) in [5.41, 5.74) is 7.09. The molecule has 3 N–H and O–H groups in total. The van der Waals surface area contributed by atoms with Crippen molar-refractivity contribution in [1.82, 2.24) is 0 Å². The molecule has 1 unspecified atom stereocenters. The molecule has 0 fully saturated rings. The van der Waals surface area contributed by atoms with Crippen LogP contribution >= 0.6 is 7.60 Å². The van der Waals surface area contributed by atoms with Crippen molar-refractivity contribution >= 4 is 41.0 Å². The minimum atomic E-state index is -3.97. The number of hydrogen-bond donors (Lipinski definition) is 2. The molecule has 0 heterocycles. The second kappa shape index (κ2) is 7.72. The van der Waals surface area contributed by atoms with E-state index in [4.69, 9.17) is 14.8 Å². The van der Waals surface area contributed by atoms with Crippen molar-refractivity contribution in [3.05, 3.63) is 60.7 Å². The lowest BCUT2D eigenvalue weighted by molar-refractivity contribution is -0.134. The molecule has 0 bridgehead atoms. The number of benzene rings is 3. The first-order valence-corrected chi connectivity index (χ1v) is 10.1. The van der Waals surface area contributed by atoms with Crippen LogP contribution in [0.5, 0.6) is 5.75 Å². The number of carbonyl (C=O) groups excluding carboxylic acids is 1. The number of rotatable bonds is 6. The molecule has 0 aliphatic carbocycles. The van der Waals surface area contributed by atoms with Gasteiger partial charge in [-0.05, 0) is 41.8 Å². The Morgan fingerprint density at radius 1 is 1.11 bits per heavy atom. The van der Waals surface area contributed by atoms with Gasteiger partial charge in [-0.25, -0.2) is 4.57 Å². The Labute approximate surface area is 157 Å². The van der Waals surface area contributed by atoms with Crippen LogP contribution in [0.2, 0.25) is 0 Å². The third-order valence-corrected chi connectivity index (χ3v) is 5.84. The van der Waals surface area contributed by atoms with Gasteiger partial charge in [-0.1, -0.05) is 31.2 Å². The minimum absolute atomic E-state index is 0.0785. The van der Waals surface area contributed by atoms with Gasteiger partial charge in [0, 0.05) is 30.2 Å². The normalized spacial score (nSPS) is 13.0. The van der Waals surface area contributed by atoms with Crippen LogP contribution in [0, 0.1) is 0 Å². The SMILES string of the molecule is CCC(=O)OP(=O)(Oc1cccc2ccc(NC)cc12)c1cccc(N)c1. The highest BCUT2D eigenvalue weighted by Gasteiger charge is 2.33. The molecule has 140 valence electrons. The smallest absolute Gasteiger partial charge is 0.412 e. The molecule has 0 aromatic heterocycles. The summed E-state index contributed by atoms with van der Waals surface area (Å²) in [5, 5.41) is 4.95. The molecule has 0 saturated heterocycles. The number of carbonyl (C=O) groups is 1. The highest BCUT2D eigenvalue weighted by atomic mass is 31.2. The third-order valence-electron chi connectivity index (χ3n) is 4.05. The zero-order chi connectivity index (χ0) is 19.4. The van der Waals surface area contributed by atoms with Crippen LogP contribution < -0.4 is 20.9 Å². The highest BCUT2D eigenvalue weighted by Crippen LogP contribution is 2.49. The standard InChI is InChI=1S/C20H21N2O4P/c1-3-20(23)26-27(24,17-8-5-7-15(21)12-17)25-19-9-4-6-14-10-11-16(22-2)13-18(14)19/h4-13,22H,3,21H2,1-2H3. The predicted molar refractivity (Wildman–Crippen MR) is 109 cm³/mol. The number of nitrogen functional groups attached to an aromatic ring is 1. The molecule has 3 rings (SSSR count). The van der Waals surface area contributed by atoms with E-state index in [1.54, 1.807) is 37.3 Å². The number of hydrogen-bond acceptors (Lipinski definition) is 6. The fourth-order valence-electron chi connectivity index (χ4n) is 2.63. The summed E-state index contributed by atoms with van der Waals surface area (Å²) < 4.78 is 24.7. The number of nitrogens with two attached hydrogens (primary N) is 1. The Hall–Kier alpha value is -2.98. The first kappa shape index (κ1) is 18.8. The maximum Gasteiger partial charge on any atom is 0.465 e. The van der Waals surface area contributed by atoms with Crippen LogP contribution in [0.4, 0.5) is 11.4 Å². The van der Waals surface area contributed by atoms with Gasteiger partial charge in [0.1, 0.15) is 5.75 Å². The van der Waals surface area contributed by atoms with Crippen LogP contribution in [0.15, 0.2) is 60.7 Å². The zero-order valence-electron chi connectivity index (χ0n) is 15.1. The van der Waals surface area contributed by atoms with Gasteiger partial charge in [0.2, 0.25) is 0 Å². The Kier molecular flexibility index (Phi) is 5.38. The molecule has 3 aromatic carbocycles. The van der Waals surface area contributed by atoms with Crippen LogP contribution in [-0.2, 0) is 13.9 Å². The van der Waals surface area contributed by atoms with Gasteiger partial charge >= 0.3 is 13.6 Å². The van der Waals surface area contributed by atoms with Gasteiger partial charge in [-0.3, -0.25) is 4.79 Å². The van der Waals surface area contributed by atoms with E-state index in [1.807, 2.05) is 31.3 Å². The Morgan fingerprint density at radius 2 is 1.89 bits per heavy atom. The summed E-state index contributed by atoms with van der Waals surface area (Å²) in [6.45, 7) is 1.63. The van der Waals surface area contributed by atoms with Gasteiger partial charge in [0.05, 0.1) is 5.30 Å². The molecule has 3 aromatic rings. The van der Waals surface area contributed by atoms with E-state index >= 15 is 0 Å². The summed E-state index contributed by atoms with van der Waals surface area (Å²) in [6.07, 6.45) is 0.0785. The quantitative estimate of drug-likeness (QED) is 0.486. The van der Waals surface area contributed by atoms with E-state index in [1.165, 1.54) is 6.07 Å². The van der Waals surface area contributed by atoms with Crippen molar-refractivity contribution in [3.8, 4) is 5.75 Å². The maximum atomic E-state index is 13.6. The number of anilines is 2. The fourth-order valence-corrected chi connectivity index (χ4v) is 4.27. The Bertz CT molecular complexity index is 1040. The summed E-state index contributed by atoms with van der Waals surface area (Å²) >= 11 is 0. The molecule has 0 saturated carbocycles. The van der Waals surface area contributed by atoms with Gasteiger partial charge < -0.3 is 20.1 Å². The first-order chi connectivity index (χ1) is 12.9. The van der Waals surface area contributed by atoms with E-state index in [9.17, 15) is 9.36 Å². The van der Waals surface area contributed by atoms with Crippen molar-refractivity contribution in [2.75, 3.05) is 18.1 Å². The van der Waals surface area contributed by atoms with Crippen molar-refractivity contribution in [3.63, 3.8) is 0 Å². The molecule has 0 spiro atoms. The second-order valence-corrected chi connectivity index (χ2v) is 7.82.